The van der Waals surface area contributed by atoms with Gasteiger partial charge in [-0.3, -0.25) is 0 Å². The van der Waals surface area contributed by atoms with E-state index in [0.717, 1.165) is 10.0 Å². The summed E-state index contributed by atoms with van der Waals surface area (Å²) >= 11 is 9.33. The summed E-state index contributed by atoms with van der Waals surface area (Å²) in [6.45, 7) is 2.14. The van der Waals surface area contributed by atoms with Crippen LogP contribution in [0.25, 0.3) is 0 Å². The first-order valence-electron chi connectivity index (χ1n) is 5.18. The molecular weight excluding hydrogens is 351 g/mol. The molecule has 0 radical (unpaired) electrons. The molecule has 0 aliphatic rings. The van der Waals surface area contributed by atoms with Crippen molar-refractivity contribution < 1.29 is 13.2 Å². The Morgan fingerprint density at radius 1 is 1.44 bits per heavy atom. The lowest BCUT2D eigenvalue weighted by molar-refractivity contribution is -0.0327. The molecule has 1 atom stereocenters. The zero-order valence-corrected chi connectivity index (χ0v) is 12.7. The van der Waals surface area contributed by atoms with E-state index < -0.39 is 5.51 Å². The lowest BCUT2D eigenvalue weighted by Crippen LogP contribution is -2.22. The first-order valence-corrected chi connectivity index (χ1v) is 7.34. The second-order valence-electron chi connectivity index (χ2n) is 3.64. The van der Waals surface area contributed by atoms with E-state index in [2.05, 4.69) is 21.2 Å². The number of rotatable bonds is 5. The third-order valence-corrected chi connectivity index (χ3v) is 3.80. The fourth-order valence-corrected chi connectivity index (χ4v) is 2.69. The number of hydrogen-bond acceptors (Lipinski definition) is 2. The topological polar surface area (TPSA) is 12.0 Å². The summed E-state index contributed by atoms with van der Waals surface area (Å²) in [6, 6.07) is 5.38. The third kappa shape index (κ3) is 5.82. The molecule has 0 saturated carbocycles. The fourth-order valence-electron chi connectivity index (χ4n) is 1.40. The Labute approximate surface area is 122 Å². The Morgan fingerprint density at radius 3 is 2.67 bits per heavy atom. The first-order chi connectivity index (χ1) is 8.29. The minimum absolute atomic E-state index is 0.0119. The summed E-state index contributed by atoms with van der Waals surface area (Å²) in [6.07, 6.45) is 0. The van der Waals surface area contributed by atoms with Crippen LogP contribution in [-0.2, 0) is 0 Å². The van der Waals surface area contributed by atoms with Crippen LogP contribution < -0.4 is 5.32 Å². The van der Waals surface area contributed by atoms with Gasteiger partial charge in [0.1, 0.15) is 0 Å². The van der Waals surface area contributed by atoms with Crippen molar-refractivity contribution in [3.63, 3.8) is 0 Å². The van der Waals surface area contributed by atoms with Gasteiger partial charge in [-0.05, 0) is 36.4 Å². The molecule has 1 rings (SSSR count). The average molecular weight is 363 g/mol. The van der Waals surface area contributed by atoms with Gasteiger partial charge in [0.15, 0.2) is 0 Å². The molecule has 1 aromatic carbocycles. The second-order valence-corrected chi connectivity index (χ2v) is 6.12. The van der Waals surface area contributed by atoms with Gasteiger partial charge >= 0.3 is 5.51 Å². The van der Waals surface area contributed by atoms with Gasteiger partial charge in [0.2, 0.25) is 0 Å². The molecule has 0 fully saturated rings. The molecule has 0 aliphatic heterocycles. The Kier molecular flexibility index (Phi) is 6.30. The Balaban J connectivity index is 2.43. The Bertz CT molecular complexity index is 400. The van der Waals surface area contributed by atoms with Gasteiger partial charge in [-0.2, -0.15) is 13.2 Å². The highest BCUT2D eigenvalue weighted by molar-refractivity contribution is 9.10. The van der Waals surface area contributed by atoms with Crippen molar-refractivity contribution in [3.05, 3.63) is 33.3 Å². The lowest BCUT2D eigenvalue weighted by atomic mass is 10.1. The highest BCUT2D eigenvalue weighted by Gasteiger charge is 2.27. The monoisotopic (exact) mass is 361 g/mol. The van der Waals surface area contributed by atoms with E-state index in [1.54, 1.807) is 6.07 Å². The minimum atomic E-state index is -4.17. The van der Waals surface area contributed by atoms with Crippen molar-refractivity contribution in [2.45, 2.75) is 18.5 Å². The lowest BCUT2D eigenvalue weighted by Gasteiger charge is -2.16. The number of benzene rings is 1. The molecule has 18 heavy (non-hydrogen) atoms. The smallest absolute Gasteiger partial charge is 0.309 e. The van der Waals surface area contributed by atoms with Crippen LogP contribution >= 0.6 is 39.3 Å². The highest BCUT2D eigenvalue weighted by atomic mass is 79.9. The van der Waals surface area contributed by atoms with Gasteiger partial charge in [0, 0.05) is 27.8 Å². The molecular formula is C11H12BrClF3NS. The summed E-state index contributed by atoms with van der Waals surface area (Å²) in [7, 11) is 0. The van der Waals surface area contributed by atoms with Crippen LogP contribution in [0.5, 0.6) is 0 Å². The predicted octanol–water partition coefficient (Wildman–Crippen LogP) is 5.01. The number of hydrogen-bond donors (Lipinski definition) is 1. The average Bonchev–Trinajstić information content (AvgIpc) is 2.22. The van der Waals surface area contributed by atoms with Gasteiger partial charge in [0.25, 0.3) is 0 Å². The molecule has 0 amide bonds. The molecule has 0 spiro atoms. The number of thioether (sulfide) groups is 1. The molecule has 1 unspecified atom stereocenters. The van der Waals surface area contributed by atoms with Crippen molar-refractivity contribution in [3.8, 4) is 0 Å². The normalized spacial score (nSPS) is 13.7. The van der Waals surface area contributed by atoms with Crippen LogP contribution in [0.3, 0.4) is 0 Å². The van der Waals surface area contributed by atoms with Crippen LogP contribution in [0.15, 0.2) is 22.7 Å². The summed E-state index contributed by atoms with van der Waals surface area (Å²) in [5.74, 6) is -0.0119. The van der Waals surface area contributed by atoms with Gasteiger partial charge in [-0.25, -0.2) is 0 Å². The molecule has 0 saturated heterocycles. The number of halogens is 5. The molecule has 0 heterocycles. The quantitative estimate of drug-likeness (QED) is 0.739. The van der Waals surface area contributed by atoms with Crippen molar-refractivity contribution in [1.82, 2.24) is 5.32 Å². The molecule has 7 heteroatoms. The summed E-state index contributed by atoms with van der Waals surface area (Å²) in [5.41, 5.74) is -3.29. The van der Waals surface area contributed by atoms with E-state index in [0.29, 0.717) is 5.02 Å². The van der Waals surface area contributed by atoms with Crippen molar-refractivity contribution >= 4 is 39.3 Å². The van der Waals surface area contributed by atoms with E-state index >= 15 is 0 Å². The van der Waals surface area contributed by atoms with Crippen molar-refractivity contribution in [1.29, 1.82) is 0 Å². The summed E-state index contributed by atoms with van der Waals surface area (Å²) in [4.78, 5) is 0. The maximum atomic E-state index is 11.9. The van der Waals surface area contributed by atoms with Gasteiger partial charge in [-0.1, -0.05) is 33.6 Å². The summed E-state index contributed by atoms with van der Waals surface area (Å²) < 4.78 is 36.6. The molecule has 1 nitrogen and oxygen atoms in total. The Hall–Kier alpha value is 0.0900. The van der Waals surface area contributed by atoms with Crippen LogP contribution in [0.4, 0.5) is 13.2 Å². The van der Waals surface area contributed by atoms with Crippen LogP contribution in [-0.4, -0.2) is 17.8 Å². The van der Waals surface area contributed by atoms with Crippen molar-refractivity contribution in [2.24, 2.45) is 0 Å². The fraction of sp³-hybridized carbons (Fsp3) is 0.455. The summed E-state index contributed by atoms with van der Waals surface area (Å²) in [5, 5.41) is 3.60. The maximum absolute atomic E-state index is 11.9. The van der Waals surface area contributed by atoms with E-state index in [4.69, 9.17) is 11.6 Å². The van der Waals surface area contributed by atoms with Gasteiger partial charge in [0.05, 0.1) is 0 Å². The van der Waals surface area contributed by atoms with Crippen LogP contribution in [0.1, 0.15) is 18.5 Å². The number of nitrogens with one attached hydrogen (secondary N) is 1. The first kappa shape index (κ1) is 16.1. The van der Waals surface area contributed by atoms with Crippen LogP contribution in [0.2, 0.25) is 5.02 Å². The zero-order valence-electron chi connectivity index (χ0n) is 9.52. The maximum Gasteiger partial charge on any atom is 0.441 e. The SMILES string of the molecule is CC(NCCSC(F)(F)F)c1ccc(Br)cc1Cl. The molecule has 1 aromatic rings. The third-order valence-electron chi connectivity index (χ3n) is 2.25. The highest BCUT2D eigenvalue weighted by Crippen LogP contribution is 2.30. The predicted molar refractivity (Wildman–Crippen MR) is 74.1 cm³/mol. The molecule has 0 aromatic heterocycles. The largest absolute Gasteiger partial charge is 0.441 e. The second kappa shape index (κ2) is 7.03. The molecule has 1 N–H and O–H groups in total. The van der Waals surface area contributed by atoms with Gasteiger partial charge < -0.3 is 5.32 Å². The molecule has 102 valence electrons. The number of alkyl halides is 3. The standard InChI is InChI=1S/C11H12BrClF3NS/c1-7(17-4-5-18-11(14,15)16)9-3-2-8(12)6-10(9)13/h2-3,6-7,17H,4-5H2,1H3. The van der Waals surface area contributed by atoms with Crippen molar-refractivity contribution in [2.75, 3.05) is 12.3 Å². The zero-order chi connectivity index (χ0) is 13.8. The van der Waals surface area contributed by atoms with Crippen LogP contribution in [0, 0.1) is 0 Å². The minimum Gasteiger partial charge on any atom is -0.309 e. The molecule has 0 bridgehead atoms. The van der Waals surface area contributed by atoms with E-state index in [9.17, 15) is 13.2 Å². The van der Waals surface area contributed by atoms with Gasteiger partial charge in [-0.15, -0.1) is 0 Å². The molecule has 0 aliphatic carbocycles. The van der Waals surface area contributed by atoms with E-state index in [1.165, 1.54) is 0 Å². The Morgan fingerprint density at radius 2 is 2.11 bits per heavy atom. The van der Waals surface area contributed by atoms with E-state index in [-0.39, 0.29) is 30.1 Å². The van der Waals surface area contributed by atoms with E-state index in [1.807, 2.05) is 19.1 Å².